The van der Waals surface area contributed by atoms with E-state index in [1.165, 1.54) is 0 Å². The van der Waals surface area contributed by atoms with E-state index in [0.29, 0.717) is 11.8 Å². The maximum Gasteiger partial charge on any atom is 0.242 e. The molecule has 26 heavy (non-hydrogen) atoms. The predicted molar refractivity (Wildman–Crippen MR) is 100 cm³/mol. The fourth-order valence-electron chi connectivity index (χ4n) is 2.31. The fourth-order valence-corrected chi connectivity index (χ4v) is 2.31. The highest BCUT2D eigenvalue weighted by molar-refractivity contribution is 5.70. The summed E-state index contributed by atoms with van der Waals surface area (Å²) in [5, 5.41) is 4.49. The summed E-state index contributed by atoms with van der Waals surface area (Å²) in [6.07, 6.45) is 7.34. The highest BCUT2D eigenvalue weighted by Gasteiger charge is 2.19. The van der Waals surface area contributed by atoms with Crippen molar-refractivity contribution in [1.82, 2.24) is 14.8 Å². The number of oxazole rings is 1. The van der Waals surface area contributed by atoms with Crippen LogP contribution in [0.2, 0.25) is 0 Å². The molecule has 0 bridgehead atoms. The third-order valence-electron chi connectivity index (χ3n) is 3.64. The van der Waals surface area contributed by atoms with E-state index in [-0.39, 0.29) is 12.2 Å². The van der Waals surface area contributed by atoms with Crippen LogP contribution in [0.25, 0.3) is 17.8 Å². The maximum absolute atomic E-state index is 5.59. The van der Waals surface area contributed by atoms with Gasteiger partial charge in [-0.05, 0) is 24.3 Å². The number of hydrogen-bond donors (Lipinski definition) is 0. The molecule has 0 atom stereocenters. The minimum absolute atomic E-state index is 0.128. The molecule has 0 aliphatic heterocycles. The van der Waals surface area contributed by atoms with Crippen LogP contribution in [-0.4, -0.2) is 28.7 Å². The highest BCUT2D eigenvalue weighted by atomic mass is 16.7. The highest BCUT2D eigenvalue weighted by Crippen LogP contribution is 2.24. The second-order valence-corrected chi connectivity index (χ2v) is 6.88. The molecular formula is C20H23N3O3. The van der Waals surface area contributed by atoms with E-state index >= 15 is 0 Å². The van der Waals surface area contributed by atoms with E-state index < -0.39 is 0 Å². The fraction of sp³-hybridized carbons (Fsp3) is 0.300. The average molecular weight is 353 g/mol. The number of aromatic nitrogens is 3. The van der Waals surface area contributed by atoms with Gasteiger partial charge in [0.25, 0.3) is 0 Å². The van der Waals surface area contributed by atoms with Crippen molar-refractivity contribution in [2.75, 3.05) is 13.9 Å². The summed E-state index contributed by atoms with van der Waals surface area (Å²) in [7, 11) is 1.58. The molecule has 6 nitrogen and oxygen atoms in total. The molecule has 0 N–H and O–H groups in total. The molecule has 2 aromatic heterocycles. The minimum atomic E-state index is -0.128. The number of benzene rings is 1. The first-order chi connectivity index (χ1) is 12.5. The Labute approximate surface area is 153 Å². The van der Waals surface area contributed by atoms with E-state index in [4.69, 9.17) is 13.9 Å². The van der Waals surface area contributed by atoms with Crippen molar-refractivity contribution in [2.24, 2.45) is 0 Å². The maximum atomic E-state index is 5.59. The Morgan fingerprint density at radius 1 is 1.15 bits per heavy atom. The van der Waals surface area contributed by atoms with Crippen molar-refractivity contribution in [1.29, 1.82) is 0 Å². The zero-order chi connectivity index (χ0) is 18.6. The summed E-state index contributed by atoms with van der Waals surface area (Å²) < 4.78 is 17.9. The van der Waals surface area contributed by atoms with Gasteiger partial charge in [-0.2, -0.15) is 0 Å². The van der Waals surface area contributed by atoms with Crippen LogP contribution in [0.1, 0.15) is 37.9 Å². The molecule has 2 heterocycles. The minimum Gasteiger partial charge on any atom is -0.449 e. The van der Waals surface area contributed by atoms with Gasteiger partial charge in [0.15, 0.2) is 12.7 Å². The van der Waals surface area contributed by atoms with Gasteiger partial charge in [-0.25, -0.2) is 9.67 Å². The quantitative estimate of drug-likeness (QED) is 0.618. The lowest BCUT2D eigenvalue weighted by Gasteiger charge is -2.11. The van der Waals surface area contributed by atoms with Gasteiger partial charge in [0, 0.05) is 18.7 Å². The zero-order valence-corrected chi connectivity index (χ0v) is 15.5. The van der Waals surface area contributed by atoms with Crippen LogP contribution in [0.5, 0.6) is 5.88 Å². The molecule has 6 heteroatoms. The summed E-state index contributed by atoms with van der Waals surface area (Å²) >= 11 is 0. The first kappa shape index (κ1) is 17.9. The Balaban J connectivity index is 1.88. The van der Waals surface area contributed by atoms with E-state index in [1.54, 1.807) is 18.1 Å². The van der Waals surface area contributed by atoms with E-state index in [0.717, 1.165) is 16.9 Å². The molecule has 3 aromatic rings. The monoisotopic (exact) mass is 353 g/mol. The van der Waals surface area contributed by atoms with Crippen LogP contribution in [0.4, 0.5) is 0 Å². The molecule has 0 unspecified atom stereocenters. The molecule has 0 radical (unpaired) electrons. The van der Waals surface area contributed by atoms with Crippen LogP contribution in [-0.2, 0) is 10.2 Å². The summed E-state index contributed by atoms with van der Waals surface area (Å²) in [6, 6.07) is 9.85. The molecule has 0 amide bonds. The zero-order valence-electron chi connectivity index (χ0n) is 15.5. The second-order valence-electron chi connectivity index (χ2n) is 6.88. The van der Waals surface area contributed by atoms with Gasteiger partial charge in [-0.1, -0.05) is 39.0 Å². The Morgan fingerprint density at radius 2 is 1.92 bits per heavy atom. The molecule has 1 aromatic carbocycles. The molecule has 0 aliphatic carbocycles. The number of nitrogens with zero attached hydrogens (tertiary/aromatic N) is 3. The normalized spacial score (nSPS) is 12.0. The van der Waals surface area contributed by atoms with Gasteiger partial charge < -0.3 is 13.9 Å². The lowest BCUT2D eigenvalue weighted by molar-refractivity contribution is 0.0474. The van der Waals surface area contributed by atoms with Crippen LogP contribution in [0.15, 0.2) is 47.2 Å². The van der Waals surface area contributed by atoms with Gasteiger partial charge >= 0.3 is 0 Å². The average Bonchev–Trinajstić information content (AvgIpc) is 3.25. The standard InChI is InChI=1S/C20H23N3O3/c1-20(2,3)19-21-16(13-25-19)11-10-15-12-23(17-8-6-5-7-9-17)22-18(15)26-14-24-4/h5-13H,14H2,1-4H3/b11-10-. The Hall–Kier alpha value is -2.86. The molecule has 3 rings (SSSR count). The molecule has 0 fully saturated rings. The van der Waals surface area contributed by atoms with Crippen molar-refractivity contribution < 1.29 is 13.9 Å². The molecule has 0 saturated carbocycles. The van der Waals surface area contributed by atoms with Gasteiger partial charge in [0.2, 0.25) is 5.88 Å². The van der Waals surface area contributed by atoms with E-state index in [1.807, 2.05) is 48.7 Å². The Morgan fingerprint density at radius 3 is 2.58 bits per heavy atom. The molecule has 0 saturated heterocycles. The summed E-state index contributed by atoms with van der Waals surface area (Å²) in [5.74, 6) is 1.19. The third-order valence-corrected chi connectivity index (χ3v) is 3.64. The van der Waals surface area contributed by atoms with Crippen LogP contribution in [0, 0.1) is 0 Å². The Bertz CT molecular complexity index is 873. The summed E-state index contributed by atoms with van der Waals surface area (Å²) in [5.41, 5.74) is 2.40. The van der Waals surface area contributed by atoms with Crippen molar-refractivity contribution >= 4 is 12.2 Å². The van der Waals surface area contributed by atoms with E-state index in [9.17, 15) is 0 Å². The molecule has 0 spiro atoms. The number of methoxy groups -OCH3 is 1. The lowest BCUT2D eigenvalue weighted by atomic mass is 9.97. The smallest absolute Gasteiger partial charge is 0.242 e. The van der Waals surface area contributed by atoms with Crippen molar-refractivity contribution in [3.8, 4) is 11.6 Å². The SMILES string of the molecule is COCOc1nn(-c2ccccc2)cc1/C=C\c1coc(C(C)(C)C)n1. The predicted octanol–water partition coefficient (Wildman–Crippen LogP) is 4.31. The van der Waals surface area contributed by atoms with Gasteiger partial charge in [-0.15, -0.1) is 5.10 Å². The molecule has 0 aliphatic rings. The number of rotatable bonds is 6. The van der Waals surface area contributed by atoms with Crippen LogP contribution < -0.4 is 4.74 Å². The lowest BCUT2D eigenvalue weighted by Crippen LogP contribution is -2.11. The third kappa shape index (κ3) is 4.21. The van der Waals surface area contributed by atoms with Crippen molar-refractivity contribution in [2.45, 2.75) is 26.2 Å². The van der Waals surface area contributed by atoms with Crippen LogP contribution in [0.3, 0.4) is 0 Å². The van der Waals surface area contributed by atoms with Gasteiger partial charge in [0.1, 0.15) is 12.0 Å². The summed E-state index contributed by atoms with van der Waals surface area (Å²) in [4.78, 5) is 4.51. The van der Waals surface area contributed by atoms with Gasteiger partial charge in [-0.3, -0.25) is 0 Å². The first-order valence-electron chi connectivity index (χ1n) is 8.38. The van der Waals surface area contributed by atoms with Crippen molar-refractivity contribution in [3.05, 3.63) is 59.9 Å². The van der Waals surface area contributed by atoms with Gasteiger partial charge in [0.05, 0.1) is 11.3 Å². The number of hydrogen-bond acceptors (Lipinski definition) is 5. The van der Waals surface area contributed by atoms with Crippen LogP contribution >= 0.6 is 0 Å². The van der Waals surface area contributed by atoms with Crippen molar-refractivity contribution in [3.63, 3.8) is 0 Å². The second kappa shape index (κ2) is 7.58. The van der Waals surface area contributed by atoms with E-state index in [2.05, 4.69) is 30.9 Å². The topological polar surface area (TPSA) is 62.3 Å². The summed E-state index contributed by atoms with van der Waals surface area (Å²) in [6.45, 7) is 6.32. The first-order valence-corrected chi connectivity index (χ1v) is 8.38. The molecular weight excluding hydrogens is 330 g/mol. The Kier molecular flexibility index (Phi) is 5.23. The largest absolute Gasteiger partial charge is 0.449 e. The number of para-hydroxylation sites is 1. The molecule has 136 valence electrons. The number of ether oxygens (including phenoxy) is 2.